The Labute approximate surface area is 140 Å². The molecule has 0 bridgehead atoms. The summed E-state index contributed by atoms with van der Waals surface area (Å²) in [5.74, 6) is -3.95. The van der Waals surface area contributed by atoms with Gasteiger partial charge in [0, 0.05) is 11.3 Å². The standard InChI is InChI=1S/C9H8FN5O6.H3O4P/c10-4-6(13-14-11)15(9(20)12-7(4)17)3-1-2(16)5(21-3)8(18)19;1-5(2,3)4/h2-3,5,16H,1H2,(H,18,19)(H,12,17,20);(H3,1,2,3,4)/t2-,3+,5-;/m0./s1. The van der Waals surface area contributed by atoms with E-state index in [2.05, 4.69) is 10.0 Å². The molecule has 0 saturated carbocycles. The SMILES string of the molecule is O=P(O)(O)O.[N-]=[N+]=Nc1c(F)c(=O)[nH]c(=O)n1[C@H]1C[C@H](O)[C@@H](C(=O)O)O1. The Morgan fingerprint density at radius 1 is 1.42 bits per heavy atom. The highest BCUT2D eigenvalue weighted by atomic mass is 31.2. The molecule has 1 aliphatic heterocycles. The first kappa shape index (κ1) is 21.5. The van der Waals surface area contributed by atoms with Crippen molar-refractivity contribution >= 4 is 19.6 Å². The van der Waals surface area contributed by atoms with E-state index in [0.29, 0.717) is 4.57 Å². The highest BCUT2D eigenvalue weighted by molar-refractivity contribution is 7.45. The van der Waals surface area contributed by atoms with E-state index in [1.54, 1.807) is 4.98 Å². The van der Waals surface area contributed by atoms with Crippen molar-refractivity contribution in [2.45, 2.75) is 24.9 Å². The van der Waals surface area contributed by atoms with E-state index >= 15 is 0 Å². The Kier molecular flexibility index (Phi) is 6.77. The first-order chi connectivity index (χ1) is 11.9. The van der Waals surface area contributed by atoms with Crippen LogP contribution in [0.5, 0.6) is 0 Å². The van der Waals surface area contributed by atoms with E-state index in [1.807, 2.05) is 0 Å². The van der Waals surface area contributed by atoms with Gasteiger partial charge in [-0.25, -0.2) is 14.2 Å². The lowest BCUT2D eigenvalue weighted by atomic mass is 10.2. The molecule has 0 radical (unpaired) electrons. The molecule has 0 spiro atoms. The molecule has 144 valence electrons. The maximum absolute atomic E-state index is 13.6. The highest BCUT2D eigenvalue weighted by Crippen LogP contribution is 2.31. The smallest absolute Gasteiger partial charge is 0.466 e. The van der Waals surface area contributed by atoms with Gasteiger partial charge in [-0.3, -0.25) is 14.3 Å². The number of aromatic amines is 1. The Bertz CT molecular complexity index is 893. The lowest BCUT2D eigenvalue weighted by molar-refractivity contribution is -0.155. The van der Waals surface area contributed by atoms with Gasteiger partial charge in [-0.05, 0) is 10.6 Å². The monoisotopic (exact) mass is 399 g/mol. The Balaban J connectivity index is 0.000000597. The molecule has 15 nitrogen and oxygen atoms in total. The first-order valence-corrected chi connectivity index (χ1v) is 7.87. The number of hydrogen-bond acceptors (Lipinski definition) is 7. The number of aliphatic carboxylic acids is 1. The molecular weight excluding hydrogens is 388 g/mol. The van der Waals surface area contributed by atoms with Gasteiger partial charge in [0.05, 0.1) is 6.10 Å². The number of hydrogen-bond donors (Lipinski definition) is 6. The molecule has 0 aromatic carbocycles. The molecule has 26 heavy (non-hydrogen) atoms. The molecule has 1 fully saturated rings. The van der Waals surface area contributed by atoms with E-state index in [-0.39, 0.29) is 6.42 Å². The molecule has 6 N–H and O–H groups in total. The predicted octanol–water partition coefficient (Wildman–Crippen LogP) is -1.58. The van der Waals surface area contributed by atoms with Gasteiger partial charge in [0.1, 0.15) is 6.23 Å². The van der Waals surface area contributed by atoms with Gasteiger partial charge in [0.15, 0.2) is 11.9 Å². The molecule has 17 heteroatoms. The minimum absolute atomic E-state index is 0.365. The van der Waals surface area contributed by atoms with Crippen LogP contribution in [0.25, 0.3) is 10.4 Å². The lowest BCUT2D eigenvalue weighted by Gasteiger charge is -2.16. The second kappa shape index (κ2) is 8.20. The average Bonchev–Trinajstić information content (AvgIpc) is 2.84. The van der Waals surface area contributed by atoms with E-state index in [9.17, 15) is 23.9 Å². The quantitative estimate of drug-likeness (QED) is 0.147. The second-order valence-electron chi connectivity index (χ2n) is 4.62. The second-order valence-corrected chi connectivity index (χ2v) is 5.65. The number of carbonyl (C=O) groups is 1. The molecule has 3 atom stereocenters. The summed E-state index contributed by atoms with van der Waals surface area (Å²) in [6.07, 6.45) is -4.85. The number of H-pyrrole nitrogens is 1. The van der Waals surface area contributed by atoms with Crippen molar-refractivity contribution in [1.82, 2.24) is 9.55 Å². The van der Waals surface area contributed by atoms with Crippen LogP contribution in [-0.2, 0) is 14.1 Å². The van der Waals surface area contributed by atoms with Gasteiger partial charge in [0.2, 0.25) is 5.82 Å². The maximum Gasteiger partial charge on any atom is 0.466 e. The maximum atomic E-state index is 13.6. The number of nitrogens with one attached hydrogen (secondary N) is 1. The van der Waals surface area contributed by atoms with Crippen LogP contribution in [0, 0.1) is 5.82 Å². The van der Waals surface area contributed by atoms with Crippen LogP contribution in [0.2, 0.25) is 0 Å². The van der Waals surface area contributed by atoms with Crippen LogP contribution in [0.1, 0.15) is 12.6 Å². The highest BCUT2D eigenvalue weighted by Gasteiger charge is 2.41. The summed E-state index contributed by atoms with van der Waals surface area (Å²) in [4.78, 5) is 59.1. The van der Waals surface area contributed by atoms with E-state index in [1.165, 1.54) is 0 Å². The minimum atomic E-state index is -4.64. The zero-order valence-electron chi connectivity index (χ0n) is 12.3. The van der Waals surface area contributed by atoms with Crippen molar-refractivity contribution in [3.63, 3.8) is 0 Å². The van der Waals surface area contributed by atoms with E-state index in [0.717, 1.165) is 0 Å². The molecule has 1 aromatic rings. The zero-order chi connectivity index (χ0) is 20.2. The number of aliphatic hydroxyl groups excluding tert-OH is 1. The summed E-state index contributed by atoms with van der Waals surface area (Å²) < 4.78 is 27.9. The Morgan fingerprint density at radius 3 is 2.38 bits per heavy atom. The van der Waals surface area contributed by atoms with Crippen LogP contribution in [0.15, 0.2) is 14.7 Å². The van der Waals surface area contributed by atoms with Crippen molar-refractivity contribution in [3.05, 3.63) is 37.1 Å². The number of halogens is 1. The Morgan fingerprint density at radius 2 is 1.96 bits per heavy atom. The van der Waals surface area contributed by atoms with Crippen LogP contribution >= 0.6 is 7.82 Å². The van der Waals surface area contributed by atoms with Crippen molar-refractivity contribution in [2.75, 3.05) is 0 Å². The minimum Gasteiger partial charge on any atom is -0.479 e. The number of nitrogens with zero attached hydrogens (tertiary/aromatic N) is 4. The number of carboxylic acids is 1. The third-order valence-electron chi connectivity index (χ3n) is 2.83. The van der Waals surface area contributed by atoms with Gasteiger partial charge in [-0.15, -0.1) is 0 Å². The number of ether oxygens (including phenoxy) is 1. The molecule has 1 aliphatic rings. The lowest BCUT2D eigenvalue weighted by Crippen LogP contribution is -2.35. The molecule has 1 saturated heterocycles. The van der Waals surface area contributed by atoms with Crippen LogP contribution < -0.4 is 11.2 Å². The predicted molar refractivity (Wildman–Crippen MR) is 76.5 cm³/mol. The Hall–Kier alpha value is -2.58. The van der Waals surface area contributed by atoms with Gasteiger partial charge in [0.25, 0.3) is 5.56 Å². The van der Waals surface area contributed by atoms with Crippen molar-refractivity contribution in [1.29, 1.82) is 0 Å². The number of aliphatic hydroxyl groups is 1. The molecule has 2 heterocycles. The normalized spacial score (nSPS) is 22.1. The number of aromatic nitrogens is 2. The number of phosphoric acid groups is 1. The molecule has 0 unspecified atom stereocenters. The van der Waals surface area contributed by atoms with E-state index < -0.39 is 55.1 Å². The van der Waals surface area contributed by atoms with Crippen LogP contribution in [0.4, 0.5) is 10.2 Å². The summed E-state index contributed by atoms with van der Waals surface area (Å²) in [7, 11) is -4.64. The van der Waals surface area contributed by atoms with Crippen molar-refractivity contribution in [2.24, 2.45) is 5.11 Å². The third-order valence-corrected chi connectivity index (χ3v) is 2.83. The van der Waals surface area contributed by atoms with Crippen LogP contribution in [0.3, 0.4) is 0 Å². The first-order valence-electron chi connectivity index (χ1n) is 6.30. The van der Waals surface area contributed by atoms with Gasteiger partial charge >= 0.3 is 19.5 Å². The number of carboxylic acid groups (broad SMARTS) is 1. The fourth-order valence-electron chi connectivity index (χ4n) is 1.95. The molecule has 0 amide bonds. The molecular formula is C9H11FN5O10P. The third kappa shape index (κ3) is 5.47. The molecule has 1 aromatic heterocycles. The van der Waals surface area contributed by atoms with Crippen molar-refractivity contribution in [3.8, 4) is 0 Å². The van der Waals surface area contributed by atoms with Crippen molar-refractivity contribution < 1.29 is 43.4 Å². The molecule has 0 aliphatic carbocycles. The summed E-state index contributed by atoms with van der Waals surface area (Å²) >= 11 is 0. The summed E-state index contributed by atoms with van der Waals surface area (Å²) in [5, 5.41) is 21.2. The number of rotatable bonds is 3. The van der Waals surface area contributed by atoms with Gasteiger partial charge in [-0.1, -0.05) is 0 Å². The molecule has 2 rings (SSSR count). The fraction of sp³-hybridized carbons (Fsp3) is 0.444. The van der Waals surface area contributed by atoms with E-state index in [4.69, 9.17) is 34.6 Å². The van der Waals surface area contributed by atoms with Gasteiger partial charge in [-0.2, -0.15) is 4.39 Å². The topological polar surface area (TPSA) is 248 Å². The van der Waals surface area contributed by atoms with Gasteiger partial charge < -0.3 is 29.6 Å². The largest absolute Gasteiger partial charge is 0.479 e. The average molecular weight is 399 g/mol. The summed E-state index contributed by atoms with van der Waals surface area (Å²) in [6, 6.07) is 0. The zero-order valence-corrected chi connectivity index (χ0v) is 13.2. The van der Waals surface area contributed by atoms with Crippen LogP contribution in [-0.4, -0.2) is 52.6 Å². The fourth-order valence-corrected chi connectivity index (χ4v) is 1.95. The summed E-state index contributed by atoms with van der Waals surface area (Å²) in [5.41, 5.74) is 5.81. The number of azide groups is 1. The summed E-state index contributed by atoms with van der Waals surface area (Å²) in [6.45, 7) is 0.